The summed E-state index contributed by atoms with van der Waals surface area (Å²) in [6, 6.07) is 6.70. The number of rotatable bonds is 4. The minimum absolute atomic E-state index is 0.0521. The van der Waals surface area contributed by atoms with Crippen LogP contribution in [-0.4, -0.2) is 19.0 Å². The fraction of sp³-hybridized carbons (Fsp3) is 0.632. The Balaban J connectivity index is 1.45. The van der Waals surface area contributed by atoms with Crippen LogP contribution in [0.2, 0.25) is 0 Å². The van der Waals surface area contributed by atoms with E-state index in [9.17, 15) is 9.18 Å². The lowest BCUT2D eigenvalue weighted by Crippen LogP contribution is -2.39. The Morgan fingerprint density at radius 3 is 2.52 bits per heavy atom. The van der Waals surface area contributed by atoms with Gasteiger partial charge in [0.05, 0.1) is 6.04 Å². The van der Waals surface area contributed by atoms with Crippen molar-refractivity contribution in [1.29, 1.82) is 0 Å². The standard InChI is InChI=1S/C19H25FN2O/c20-15-6-4-14(5-7-15)17(13-2-1-3-13)22-18(23)16-12-19(16)8-10-21-11-9-19/h4-7,13,16-17,21H,1-3,8-12H2,(H,22,23). The molecule has 1 aromatic carbocycles. The molecule has 124 valence electrons. The van der Waals surface area contributed by atoms with Crippen LogP contribution in [0.3, 0.4) is 0 Å². The molecular weight excluding hydrogens is 291 g/mol. The number of halogens is 1. The highest BCUT2D eigenvalue weighted by molar-refractivity contribution is 5.83. The van der Waals surface area contributed by atoms with Crippen molar-refractivity contribution in [1.82, 2.24) is 10.6 Å². The third-order valence-electron chi connectivity index (χ3n) is 6.25. The minimum atomic E-state index is -0.219. The number of amides is 1. The average Bonchev–Trinajstić information content (AvgIpc) is 3.20. The maximum atomic E-state index is 13.2. The minimum Gasteiger partial charge on any atom is -0.349 e. The van der Waals surface area contributed by atoms with Gasteiger partial charge in [0.1, 0.15) is 5.82 Å². The average molecular weight is 316 g/mol. The molecule has 1 spiro atoms. The Kier molecular flexibility index (Phi) is 3.88. The highest BCUT2D eigenvalue weighted by Crippen LogP contribution is 2.58. The molecule has 2 N–H and O–H groups in total. The Morgan fingerprint density at radius 1 is 1.22 bits per heavy atom. The second-order valence-corrected chi connectivity index (χ2v) is 7.60. The molecule has 0 aromatic heterocycles. The summed E-state index contributed by atoms with van der Waals surface area (Å²) in [4.78, 5) is 12.8. The van der Waals surface area contributed by atoms with Crippen LogP contribution in [0.15, 0.2) is 24.3 Å². The smallest absolute Gasteiger partial charge is 0.224 e. The van der Waals surface area contributed by atoms with E-state index in [0.29, 0.717) is 5.92 Å². The molecule has 23 heavy (non-hydrogen) atoms. The first-order valence-electron chi connectivity index (χ1n) is 8.95. The molecule has 1 aromatic rings. The number of piperidine rings is 1. The van der Waals surface area contributed by atoms with E-state index in [1.54, 1.807) is 0 Å². The largest absolute Gasteiger partial charge is 0.349 e. The van der Waals surface area contributed by atoms with Gasteiger partial charge < -0.3 is 10.6 Å². The van der Waals surface area contributed by atoms with Crippen LogP contribution < -0.4 is 10.6 Å². The van der Waals surface area contributed by atoms with Crippen LogP contribution in [0.5, 0.6) is 0 Å². The zero-order chi connectivity index (χ0) is 15.9. The third kappa shape index (κ3) is 2.89. The van der Waals surface area contributed by atoms with Crippen molar-refractivity contribution in [2.75, 3.05) is 13.1 Å². The topological polar surface area (TPSA) is 41.1 Å². The van der Waals surface area contributed by atoms with Gasteiger partial charge in [-0.15, -0.1) is 0 Å². The molecule has 0 bridgehead atoms. The summed E-state index contributed by atoms with van der Waals surface area (Å²) in [5.74, 6) is 0.691. The number of carbonyl (C=O) groups is 1. The van der Waals surface area contributed by atoms with Crippen LogP contribution in [-0.2, 0) is 4.79 Å². The van der Waals surface area contributed by atoms with Crippen LogP contribution >= 0.6 is 0 Å². The fourth-order valence-corrected chi connectivity index (χ4v) is 4.37. The summed E-state index contributed by atoms with van der Waals surface area (Å²) >= 11 is 0. The van der Waals surface area contributed by atoms with Gasteiger partial charge in [0.15, 0.2) is 0 Å². The van der Waals surface area contributed by atoms with E-state index in [1.165, 1.54) is 18.6 Å². The SMILES string of the molecule is O=C(NC(c1ccc(F)cc1)C1CCC1)C1CC12CCNCC2. The molecule has 2 unspecified atom stereocenters. The lowest BCUT2D eigenvalue weighted by Gasteiger charge is -2.35. The van der Waals surface area contributed by atoms with Gasteiger partial charge in [-0.3, -0.25) is 4.79 Å². The molecule has 4 heteroatoms. The van der Waals surface area contributed by atoms with E-state index in [1.807, 2.05) is 12.1 Å². The van der Waals surface area contributed by atoms with Crippen LogP contribution in [0.4, 0.5) is 4.39 Å². The molecule has 1 aliphatic heterocycles. The number of hydrogen-bond donors (Lipinski definition) is 2. The normalized spacial score (nSPS) is 27.3. The van der Waals surface area contributed by atoms with E-state index in [0.717, 1.165) is 50.8 Å². The predicted molar refractivity (Wildman–Crippen MR) is 87.3 cm³/mol. The molecule has 3 nitrogen and oxygen atoms in total. The van der Waals surface area contributed by atoms with Gasteiger partial charge in [-0.1, -0.05) is 18.6 Å². The Hall–Kier alpha value is -1.42. The lowest BCUT2D eigenvalue weighted by molar-refractivity contribution is -0.124. The third-order valence-corrected chi connectivity index (χ3v) is 6.25. The monoisotopic (exact) mass is 316 g/mol. The summed E-state index contributed by atoms with van der Waals surface area (Å²) in [7, 11) is 0. The lowest BCUT2D eigenvalue weighted by atomic mass is 9.77. The zero-order valence-corrected chi connectivity index (χ0v) is 13.5. The predicted octanol–water partition coefficient (Wildman–Crippen LogP) is 3.17. The molecule has 1 amide bonds. The van der Waals surface area contributed by atoms with Gasteiger partial charge >= 0.3 is 0 Å². The first-order valence-corrected chi connectivity index (χ1v) is 8.95. The molecule has 3 aliphatic rings. The molecule has 2 saturated carbocycles. The van der Waals surface area contributed by atoms with Gasteiger partial charge in [0.25, 0.3) is 0 Å². The molecular formula is C19H25FN2O. The Bertz CT molecular complexity index is 576. The Morgan fingerprint density at radius 2 is 1.91 bits per heavy atom. The summed E-state index contributed by atoms with van der Waals surface area (Å²) in [6.45, 7) is 2.07. The van der Waals surface area contributed by atoms with Crippen molar-refractivity contribution < 1.29 is 9.18 Å². The maximum Gasteiger partial charge on any atom is 0.224 e. The number of hydrogen-bond acceptors (Lipinski definition) is 2. The van der Waals surface area contributed by atoms with Crippen molar-refractivity contribution in [3.63, 3.8) is 0 Å². The maximum absolute atomic E-state index is 13.2. The summed E-state index contributed by atoms with van der Waals surface area (Å²) < 4.78 is 13.2. The quantitative estimate of drug-likeness (QED) is 0.896. The van der Waals surface area contributed by atoms with Crippen molar-refractivity contribution in [3.05, 3.63) is 35.6 Å². The molecule has 4 rings (SSSR count). The van der Waals surface area contributed by atoms with Gasteiger partial charge in [0, 0.05) is 5.92 Å². The summed E-state index contributed by atoms with van der Waals surface area (Å²) in [5.41, 5.74) is 1.31. The van der Waals surface area contributed by atoms with Gasteiger partial charge in [-0.25, -0.2) is 4.39 Å². The van der Waals surface area contributed by atoms with E-state index in [-0.39, 0.29) is 29.1 Å². The fourth-order valence-electron chi connectivity index (χ4n) is 4.37. The molecule has 3 fully saturated rings. The Labute approximate surface area is 137 Å². The second kappa shape index (κ2) is 5.90. The molecule has 2 aliphatic carbocycles. The number of carbonyl (C=O) groups excluding carboxylic acids is 1. The van der Waals surface area contributed by atoms with Crippen molar-refractivity contribution >= 4 is 5.91 Å². The van der Waals surface area contributed by atoms with E-state index >= 15 is 0 Å². The zero-order valence-electron chi connectivity index (χ0n) is 13.5. The summed E-state index contributed by atoms with van der Waals surface area (Å²) in [5, 5.41) is 6.69. The van der Waals surface area contributed by atoms with Crippen LogP contribution in [0, 0.1) is 23.1 Å². The van der Waals surface area contributed by atoms with Crippen molar-refractivity contribution in [2.45, 2.75) is 44.6 Å². The van der Waals surface area contributed by atoms with E-state index in [4.69, 9.17) is 0 Å². The first kappa shape index (κ1) is 15.1. The molecule has 0 radical (unpaired) electrons. The van der Waals surface area contributed by atoms with Crippen molar-refractivity contribution in [2.24, 2.45) is 17.3 Å². The van der Waals surface area contributed by atoms with Gasteiger partial charge in [-0.05, 0) is 74.2 Å². The van der Waals surface area contributed by atoms with Crippen LogP contribution in [0.1, 0.15) is 50.1 Å². The molecule has 1 saturated heterocycles. The van der Waals surface area contributed by atoms with Crippen LogP contribution in [0.25, 0.3) is 0 Å². The summed E-state index contributed by atoms with van der Waals surface area (Å²) in [6.07, 6.45) is 6.83. The van der Waals surface area contributed by atoms with Gasteiger partial charge in [-0.2, -0.15) is 0 Å². The van der Waals surface area contributed by atoms with Crippen molar-refractivity contribution in [3.8, 4) is 0 Å². The van der Waals surface area contributed by atoms with Gasteiger partial charge in [0.2, 0.25) is 5.91 Å². The highest BCUT2D eigenvalue weighted by atomic mass is 19.1. The number of benzene rings is 1. The molecule has 1 heterocycles. The highest BCUT2D eigenvalue weighted by Gasteiger charge is 2.57. The van der Waals surface area contributed by atoms with E-state index in [2.05, 4.69) is 10.6 Å². The first-order chi connectivity index (χ1) is 11.2. The number of nitrogens with one attached hydrogen (secondary N) is 2. The molecule has 2 atom stereocenters. The van der Waals surface area contributed by atoms with E-state index < -0.39 is 0 Å². The second-order valence-electron chi connectivity index (χ2n) is 7.60.